The molecular formula is C32H39N3O2. The molecule has 4 rings (SSSR count). The number of nitrogens with zero attached hydrogens (tertiary/aromatic N) is 2. The van der Waals surface area contributed by atoms with E-state index in [1.54, 1.807) is 0 Å². The van der Waals surface area contributed by atoms with E-state index in [1.165, 1.54) is 16.7 Å². The van der Waals surface area contributed by atoms with Crippen LogP contribution in [0.5, 0.6) is 5.75 Å². The van der Waals surface area contributed by atoms with Crippen LogP contribution in [0.25, 0.3) is 11.0 Å². The molecule has 0 saturated carbocycles. The van der Waals surface area contributed by atoms with Gasteiger partial charge in [0.2, 0.25) is 5.91 Å². The number of aromatic nitrogens is 2. The molecule has 0 aliphatic rings. The minimum atomic E-state index is 0.103. The van der Waals surface area contributed by atoms with Crippen LogP contribution in [0, 0.1) is 6.92 Å². The lowest BCUT2D eigenvalue weighted by molar-refractivity contribution is -0.121. The summed E-state index contributed by atoms with van der Waals surface area (Å²) in [5, 5.41) is 3.07. The summed E-state index contributed by atoms with van der Waals surface area (Å²) >= 11 is 0. The van der Waals surface area contributed by atoms with Gasteiger partial charge in [-0.1, -0.05) is 68.4 Å². The molecule has 5 heteroatoms. The van der Waals surface area contributed by atoms with Crippen LogP contribution in [-0.2, 0) is 24.2 Å². The molecule has 1 amide bonds. The molecule has 37 heavy (non-hydrogen) atoms. The number of carbonyl (C=O) groups is 1. The highest BCUT2D eigenvalue weighted by molar-refractivity contribution is 5.76. The lowest BCUT2D eigenvalue weighted by Crippen LogP contribution is -2.25. The third-order valence-corrected chi connectivity index (χ3v) is 6.69. The highest BCUT2D eigenvalue weighted by Gasteiger charge is 2.12. The normalized spacial score (nSPS) is 11.2. The Bertz CT molecular complexity index is 1290. The molecular weight excluding hydrogens is 458 g/mol. The van der Waals surface area contributed by atoms with Crippen LogP contribution in [0.3, 0.4) is 0 Å². The molecule has 0 atom stereocenters. The second kappa shape index (κ2) is 13.1. The maximum absolute atomic E-state index is 12.3. The highest BCUT2D eigenvalue weighted by Crippen LogP contribution is 2.27. The average molecular weight is 498 g/mol. The van der Waals surface area contributed by atoms with E-state index in [4.69, 9.17) is 9.72 Å². The largest absolute Gasteiger partial charge is 0.493 e. The number of para-hydroxylation sites is 2. The first-order valence-corrected chi connectivity index (χ1v) is 13.5. The molecule has 1 N–H and O–H groups in total. The summed E-state index contributed by atoms with van der Waals surface area (Å²) < 4.78 is 8.54. The molecule has 0 fully saturated rings. The van der Waals surface area contributed by atoms with E-state index >= 15 is 0 Å². The molecule has 0 radical (unpaired) electrons. The van der Waals surface area contributed by atoms with Crippen LogP contribution >= 0.6 is 0 Å². The standard InChI is InChI=1S/C32H39N3O2/c1-24(2)27-18-16-25(3)23-30(27)37-22-10-21-35-29-14-8-7-13-28(29)34-31(35)15-9-20-33-32(36)19-17-26-11-5-4-6-12-26/h4-8,11-14,16,18,23-24H,9-10,15,17,19-22H2,1-3H3,(H,33,36). The van der Waals surface area contributed by atoms with Gasteiger partial charge >= 0.3 is 0 Å². The Hall–Kier alpha value is -3.60. The van der Waals surface area contributed by atoms with Crippen molar-refractivity contribution in [3.05, 3.63) is 95.3 Å². The van der Waals surface area contributed by atoms with E-state index in [-0.39, 0.29) is 5.91 Å². The van der Waals surface area contributed by atoms with Gasteiger partial charge < -0.3 is 14.6 Å². The summed E-state index contributed by atoms with van der Waals surface area (Å²) in [7, 11) is 0. The molecule has 0 saturated heterocycles. The molecule has 3 aromatic carbocycles. The van der Waals surface area contributed by atoms with Gasteiger partial charge in [0.05, 0.1) is 17.6 Å². The monoisotopic (exact) mass is 497 g/mol. The van der Waals surface area contributed by atoms with Gasteiger partial charge in [0, 0.05) is 25.9 Å². The Morgan fingerprint density at radius 3 is 2.57 bits per heavy atom. The fraction of sp³-hybridized carbons (Fsp3) is 0.375. The third-order valence-electron chi connectivity index (χ3n) is 6.69. The maximum Gasteiger partial charge on any atom is 0.220 e. The van der Waals surface area contributed by atoms with Crippen LogP contribution < -0.4 is 10.1 Å². The smallest absolute Gasteiger partial charge is 0.220 e. The summed E-state index contributed by atoms with van der Waals surface area (Å²) in [6.07, 6.45) is 3.87. The molecule has 0 aliphatic carbocycles. The number of rotatable bonds is 13. The number of benzene rings is 3. The van der Waals surface area contributed by atoms with E-state index in [0.717, 1.165) is 54.8 Å². The molecule has 0 aliphatic heterocycles. The lowest BCUT2D eigenvalue weighted by Gasteiger charge is -2.15. The van der Waals surface area contributed by atoms with Crippen molar-refractivity contribution in [3.8, 4) is 5.75 Å². The van der Waals surface area contributed by atoms with Crippen molar-refractivity contribution in [3.63, 3.8) is 0 Å². The number of ether oxygens (including phenoxy) is 1. The van der Waals surface area contributed by atoms with Gasteiger partial charge in [-0.15, -0.1) is 0 Å². The summed E-state index contributed by atoms with van der Waals surface area (Å²) in [4.78, 5) is 17.2. The van der Waals surface area contributed by atoms with E-state index in [9.17, 15) is 4.79 Å². The Morgan fingerprint density at radius 2 is 1.76 bits per heavy atom. The van der Waals surface area contributed by atoms with Crippen LogP contribution in [0.1, 0.15) is 61.5 Å². The molecule has 194 valence electrons. The van der Waals surface area contributed by atoms with E-state index in [1.807, 2.05) is 24.3 Å². The fourth-order valence-corrected chi connectivity index (χ4v) is 4.68. The van der Waals surface area contributed by atoms with Crippen molar-refractivity contribution in [2.45, 2.75) is 65.3 Å². The Kier molecular flexibility index (Phi) is 9.36. The van der Waals surface area contributed by atoms with Crippen LogP contribution in [0.15, 0.2) is 72.8 Å². The van der Waals surface area contributed by atoms with Crippen molar-refractivity contribution < 1.29 is 9.53 Å². The molecule has 0 bridgehead atoms. The van der Waals surface area contributed by atoms with Gasteiger partial charge in [-0.3, -0.25) is 4.79 Å². The summed E-state index contributed by atoms with van der Waals surface area (Å²) in [5.74, 6) is 2.59. The molecule has 1 aromatic heterocycles. The number of nitrogens with one attached hydrogen (secondary N) is 1. The number of imidazole rings is 1. The van der Waals surface area contributed by atoms with E-state index < -0.39 is 0 Å². The zero-order valence-corrected chi connectivity index (χ0v) is 22.4. The van der Waals surface area contributed by atoms with Crippen molar-refractivity contribution in [2.24, 2.45) is 0 Å². The fourth-order valence-electron chi connectivity index (χ4n) is 4.68. The predicted octanol–water partition coefficient (Wildman–Crippen LogP) is 6.62. The molecule has 1 heterocycles. The highest BCUT2D eigenvalue weighted by atomic mass is 16.5. The van der Waals surface area contributed by atoms with Crippen molar-refractivity contribution in [1.82, 2.24) is 14.9 Å². The zero-order chi connectivity index (χ0) is 26.0. The van der Waals surface area contributed by atoms with Gasteiger partial charge in [0.15, 0.2) is 0 Å². The number of carbonyl (C=O) groups excluding carboxylic acids is 1. The lowest BCUT2D eigenvalue weighted by atomic mass is 10.0. The predicted molar refractivity (Wildman–Crippen MR) is 151 cm³/mol. The van der Waals surface area contributed by atoms with Gasteiger partial charge in [-0.05, 0) is 67.0 Å². The maximum atomic E-state index is 12.3. The summed E-state index contributed by atoms with van der Waals surface area (Å²) in [6, 6.07) is 24.9. The number of hydrogen-bond donors (Lipinski definition) is 1. The van der Waals surface area contributed by atoms with Gasteiger partial charge in [0.25, 0.3) is 0 Å². The Labute approximate surface area is 220 Å². The van der Waals surface area contributed by atoms with Gasteiger partial charge in [-0.2, -0.15) is 0 Å². The van der Waals surface area contributed by atoms with Crippen LogP contribution in [0.2, 0.25) is 0 Å². The van der Waals surface area contributed by atoms with Gasteiger partial charge in [-0.25, -0.2) is 4.98 Å². The van der Waals surface area contributed by atoms with E-state index in [0.29, 0.717) is 25.5 Å². The minimum absolute atomic E-state index is 0.103. The van der Waals surface area contributed by atoms with Crippen LogP contribution in [-0.4, -0.2) is 28.6 Å². The van der Waals surface area contributed by atoms with E-state index in [2.05, 4.69) is 79.2 Å². The summed E-state index contributed by atoms with van der Waals surface area (Å²) in [5.41, 5.74) is 5.84. The zero-order valence-electron chi connectivity index (χ0n) is 22.4. The Balaban J connectivity index is 1.29. The minimum Gasteiger partial charge on any atom is -0.493 e. The molecule has 0 unspecified atom stereocenters. The van der Waals surface area contributed by atoms with Crippen LogP contribution in [0.4, 0.5) is 0 Å². The second-order valence-electron chi connectivity index (χ2n) is 10.0. The molecule has 0 spiro atoms. The quantitative estimate of drug-likeness (QED) is 0.211. The average Bonchev–Trinajstić information content (AvgIpc) is 3.25. The number of aryl methyl sites for hydroxylation is 4. The molecule has 4 aromatic rings. The first-order chi connectivity index (χ1) is 18.0. The van der Waals surface area contributed by atoms with Crippen molar-refractivity contribution >= 4 is 16.9 Å². The molecule has 5 nitrogen and oxygen atoms in total. The Morgan fingerprint density at radius 1 is 0.973 bits per heavy atom. The first kappa shape index (κ1) is 26.5. The second-order valence-corrected chi connectivity index (χ2v) is 10.0. The number of fused-ring (bicyclic) bond motifs is 1. The number of amides is 1. The first-order valence-electron chi connectivity index (χ1n) is 13.5. The number of hydrogen-bond acceptors (Lipinski definition) is 3. The van der Waals surface area contributed by atoms with Crippen molar-refractivity contribution in [2.75, 3.05) is 13.2 Å². The van der Waals surface area contributed by atoms with Gasteiger partial charge in [0.1, 0.15) is 11.6 Å². The topological polar surface area (TPSA) is 56.1 Å². The summed E-state index contributed by atoms with van der Waals surface area (Å²) in [6.45, 7) is 8.67. The third kappa shape index (κ3) is 7.45. The SMILES string of the molecule is Cc1ccc(C(C)C)c(OCCCn2c(CCCNC(=O)CCc3ccccc3)nc3ccccc32)c1. The van der Waals surface area contributed by atoms with Crippen molar-refractivity contribution in [1.29, 1.82) is 0 Å².